The largest absolute Gasteiger partial charge is 0.435 e. The fourth-order valence-electron chi connectivity index (χ4n) is 3.75. The van der Waals surface area contributed by atoms with Gasteiger partial charge in [-0.1, -0.05) is 49.1 Å². The smallest absolute Gasteiger partial charge is 0.387 e. The normalized spacial score (nSPS) is 15.8. The van der Waals surface area contributed by atoms with E-state index in [4.69, 9.17) is 10.1 Å². The Labute approximate surface area is 184 Å². The summed E-state index contributed by atoms with van der Waals surface area (Å²) in [5, 5.41) is 6.76. The van der Waals surface area contributed by atoms with Crippen molar-refractivity contribution in [2.24, 2.45) is 10.1 Å². The Morgan fingerprint density at radius 1 is 1.10 bits per heavy atom. The van der Waals surface area contributed by atoms with E-state index in [1.807, 2.05) is 41.4 Å². The van der Waals surface area contributed by atoms with Crippen molar-refractivity contribution in [2.75, 3.05) is 0 Å². The topological polar surface area (TPSA) is 38.9 Å². The second kappa shape index (κ2) is 10.0. The zero-order valence-corrected chi connectivity index (χ0v) is 18.2. The molecule has 4 nitrogen and oxygen atoms in total. The molecule has 4 rings (SSSR count). The van der Waals surface area contributed by atoms with Gasteiger partial charge in [-0.2, -0.15) is 13.9 Å². The quantitative estimate of drug-likeness (QED) is 0.417. The van der Waals surface area contributed by atoms with Crippen molar-refractivity contribution in [3.63, 3.8) is 0 Å². The Bertz CT molecular complexity index is 1100. The maximum absolute atomic E-state index is 12.5. The maximum Gasteiger partial charge on any atom is 0.387 e. The van der Waals surface area contributed by atoms with E-state index < -0.39 is 6.61 Å². The minimum absolute atomic E-state index is 0.135. The summed E-state index contributed by atoms with van der Waals surface area (Å²) < 4.78 is 31.3. The Morgan fingerprint density at radius 3 is 2.58 bits per heavy atom. The highest BCUT2D eigenvalue weighted by Crippen LogP contribution is 2.25. The molecule has 0 N–H and O–H groups in total. The van der Waals surface area contributed by atoms with Crippen LogP contribution in [-0.4, -0.2) is 23.5 Å². The van der Waals surface area contributed by atoms with Gasteiger partial charge in [0.2, 0.25) is 4.80 Å². The van der Waals surface area contributed by atoms with Crippen LogP contribution in [0.3, 0.4) is 0 Å². The standard InChI is InChI=1S/C24H25F2N3OS/c1-17-6-5-7-18(14-17)15-27-29-22(19-10-12-21(13-11-19)30-23(25)26)16-31-24(29)28-20-8-3-2-4-9-20/h5-7,10-16,20,23H,2-4,8-9H2,1H3/b27-15-,28-24?. The van der Waals surface area contributed by atoms with Gasteiger partial charge in [0.05, 0.1) is 18.0 Å². The minimum atomic E-state index is -2.84. The average molecular weight is 442 g/mol. The first-order valence-electron chi connectivity index (χ1n) is 10.5. The van der Waals surface area contributed by atoms with Crippen LogP contribution in [0.4, 0.5) is 8.78 Å². The van der Waals surface area contributed by atoms with Gasteiger partial charge < -0.3 is 4.74 Å². The van der Waals surface area contributed by atoms with E-state index in [1.54, 1.807) is 35.6 Å². The summed E-state index contributed by atoms with van der Waals surface area (Å²) in [6.07, 6.45) is 7.75. The average Bonchev–Trinajstić information content (AvgIpc) is 3.15. The Kier molecular flexibility index (Phi) is 6.92. The number of halogens is 2. The lowest BCUT2D eigenvalue weighted by atomic mass is 9.96. The predicted octanol–water partition coefficient (Wildman–Crippen LogP) is 6.24. The molecule has 1 heterocycles. The molecular formula is C24H25F2N3OS. The van der Waals surface area contributed by atoms with E-state index in [0.717, 1.165) is 34.5 Å². The molecule has 1 saturated carbocycles. The Morgan fingerprint density at radius 2 is 1.87 bits per heavy atom. The van der Waals surface area contributed by atoms with E-state index in [-0.39, 0.29) is 5.75 Å². The third kappa shape index (κ3) is 5.67. The van der Waals surface area contributed by atoms with Gasteiger partial charge in [0.15, 0.2) is 0 Å². The molecular weight excluding hydrogens is 416 g/mol. The van der Waals surface area contributed by atoms with Gasteiger partial charge in [-0.05, 0) is 49.6 Å². The first-order chi connectivity index (χ1) is 15.1. The number of thiazole rings is 1. The SMILES string of the molecule is Cc1cccc(/C=N\n2c(-c3ccc(OC(F)F)cc3)csc2=NC2CCCCC2)c1. The van der Waals surface area contributed by atoms with Crippen LogP contribution in [0.1, 0.15) is 43.2 Å². The minimum Gasteiger partial charge on any atom is -0.435 e. The number of ether oxygens (including phenoxy) is 1. The molecule has 3 aromatic rings. The van der Waals surface area contributed by atoms with Gasteiger partial charge in [-0.3, -0.25) is 4.99 Å². The van der Waals surface area contributed by atoms with Gasteiger partial charge in [0.1, 0.15) is 5.75 Å². The molecule has 0 atom stereocenters. The number of hydrogen-bond donors (Lipinski definition) is 0. The number of benzene rings is 2. The summed E-state index contributed by atoms with van der Waals surface area (Å²) in [6, 6.07) is 15.1. The molecule has 162 valence electrons. The van der Waals surface area contributed by atoms with Crippen molar-refractivity contribution >= 4 is 17.6 Å². The van der Waals surface area contributed by atoms with E-state index >= 15 is 0 Å². The van der Waals surface area contributed by atoms with Crippen LogP contribution in [0.5, 0.6) is 5.75 Å². The lowest BCUT2D eigenvalue weighted by Crippen LogP contribution is -2.19. The van der Waals surface area contributed by atoms with Crippen LogP contribution in [0.2, 0.25) is 0 Å². The Balaban J connectivity index is 1.71. The van der Waals surface area contributed by atoms with Crippen molar-refractivity contribution < 1.29 is 13.5 Å². The number of rotatable bonds is 6. The summed E-state index contributed by atoms with van der Waals surface area (Å²) in [5.74, 6) is 0.135. The highest BCUT2D eigenvalue weighted by atomic mass is 32.1. The van der Waals surface area contributed by atoms with E-state index in [9.17, 15) is 8.78 Å². The second-order valence-corrected chi connectivity index (χ2v) is 8.53. The Hall–Kier alpha value is -2.80. The molecule has 0 aliphatic heterocycles. The molecule has 1 aliphatic carbocycles. The maximum atomic E-state index is 12.5. The highest BCUT2D eigenvalue weighted by molar-refractivity contribution is 7.07. The van der Waals surface area contributed by atoms with Crippen molar-refractivity contribution in [1.29, 1.82) is 0 Å². The fourth-order valence-corrected chi connectivity index (χ4v) is 4.65. The molecule has 0 spiro atoms. The van der Waals surface area contributed by atoms with Crippen molar-refractivity contribution in [3.05, 3.63) is 69.8 Å². The number of aromatic nitrogens is 1. The molecule has 1 fully saturated rings. The zero-order chi connectivity index (χ0) is 21.6. The summed E-state index contributed by atoms with van der Waals surface area (Å²) >= 11 is 1.55. The number of aryl methyl sites for hydroxylation is 1. The predicted molar refractivity (Wildman–Crippen MR) is 121 cm³/mol. The molecule has 1 aliphatic rings. The molecule has 31 heavy (non-hydrogen) atoms. The monoisotopic (exact) mass is 441 g/mol. The molecule has 2 aromatic carbocycles. The molecule has 0 bridgehead atoms. The molecule has 0 unspecified atom stereocenters. The zero-order valence-electron chi connectivity index (χ0n) is 17.4. The van der Waals surface area contributed by atoms with Crippen molar-refractivity contribution in [3.8, 4) is 17.0 Å². The first-order valence-corrected chi connectivity index (χ1v) is 11.4. The van der Waals surface area contributed by atoms with Crippen LogP contribution < -0.4 is 9.54 Å². The first kappa shape index (κ1) is 21.4. The van der Waals surface area contributed by atoms with Crippen LogP contribution in [0.25, 0.3) is 11.3 Å². The van der Waals surface area contributed by atoms with E-state index in [1.165, 1.54) is 24.8 Å². The number of hydrogen-bond acceptors (Lipinski definition) is 4. The van der Waals surface area contributed by atoms with Gasteiger partial charge in [0, 0.05) is 10.9 Å². The summed E-state index contributed by atoms with van der Waals surface area (Å²) in [5.41, 5.74) is 3.91. The van der Waals surface area contributed by atoms with E-state index in [2.05, 4.69) is 10.8 Å². The molecule has 7 heteroatoms. The van der Waals surface area contributed by atoms with Crippen LogP contribution >= 0.6 is 11.3 Å². The summed E-state index contributed by atoms with van der Waals surface area (Å²) in [6.45, 7) is -0.787. The van der Waals surface area contributed by atoms with Crippen LogP contribution in [-0.2, 0) is 0 Å². The van der Waals surface area contributed by atoms with Gasteiger partial charge in [-0.15, -0.1) is 11.3 Å². The third-order valence-electron chi connectivity index (χ3n) is 5.29. The molecule has 0 saturated heterocycles. The number of nitrogens with zero attached hydrogens (tertiary/aromatic N) is 3. The van der Waals surface area contributed by atoms with Crippen LogP contribution in [0.15, 0.2) is 64.0 Å². The molecule has 0 amide bonds. The lowest BCUT2D eigenvalue weighted by Gasteiger charge is -2.16. The third-order valence-corrected chi connectivity index (χ3v) is 6.12. The summed E-state index contributed by atoms with van der Waals surface area (Å²) in [4.78, 5) is 5.84. The molecule has 1 aromatic heterocycles. The van der Waals surface area contributed by atoms with Gasteiger partial charge in [0.25, 0.3) is 0 Å². The molecule has 0 radical (unpaired) electrons. The van der Waals surface area contributed by atoms with Gasteiger partial charge in [-0.25, -0.2) is 4.68 Å². The van der Waals surface area contributed by atoms with Crippen molar-refractivity contribution in [2.45, 2.75) is 51.7 Å². The van der Waals surface area contributed by atoms with Gasteiger partial charge >= 0.3 is 6.61 Å². The number of alkyl halides is 2. The second-order valence-electron chi connectivity index (χ2n) is 7.70. The van der Waals surface area contributed by atoms with Crippen LogP contribution in [0, 0.1) is 6.92 Å². The highest BCUT2D eigenvalue weighted by Gasteiger charge is 2.14. The van der Waals surface area contributed by atoms with E-state index in [0.29, 0.717) is 6.04 Å². The fraction of sp³-hybridized carbons (Fsp3) is 0.333. The lowest BCUT2D eigenvalue weighted by molar-refractivity contribution is -0.0498. The van der Waals surface area contributed by atoms with Crippen molar-refractivity contribution in [1.82, 2.24) is 4.68 Å². The summed E-state index contributed by atoms with van der Waals surface area (Å²) in [7, 11) is 0.